The first-order valence-electron chi connectivity index (χ1n) is 2.67. The van der Waals surface area contributed by atoms with Gasteiger partial charge in [0.05, 0.1) is 0 Å². The molecule has 0 saturated heterocycles. The van der Waals surface area contributed by atoms with Gasteiger partial charge >= 0.3 is 80.9 Å². The second-order valence-corrected chi connectivity index (χ2v) is 12.5. The van der Waals surface area contributed by atoms with Crippen LogP contribution in [-0.4, -0.2) is 4.61 Å². The third-order valence-corrected chi connectivity index (χ3v) is 3.71. The summed E-state index contributed by atoms with van der Waals surface area (Å²) >= 11 is 2.30. The van der Waals surface area contributed by atoms with Gasteiger partial charge in [0.2, 0.25) is 0 Å². The Labute approximate surface area is 80.2 Å². The second kappa shape index (κ2) is 4.58. The van der Waals surface area contributed by atoms with Gasteiger partial charge in [-0.05, 0) is 0 Å². The van der Waals surface area contributed by atoms with Gasteiger partial charge in [-0.1, -0.05) is 0 Å². The SMILES string of the molecule is [Cl]/[Ru]([I])=[CH]/c1ccccc1. The van der Waals surface area contributed by atoms with Crippen molar-refractivity contribution in [2.24, 2.45) is 0 Å². The fourth-order valence-electron chi connectivity index (χ4n) is 0.610. The molecule has 0 nitrogen and oxygen atoms in total. The van der Waals surface area contributed by atoms with Gasteiger partial charge in [0.1, 0.15) is 0 Å². The zero-order valence-electron chi connectivity index (χ0n) is 5.07. The maximum absolute atomic E-state index is 5.89. The van der Waals surface area contributed by atoms with Crippen LogP contribution in [0.1, 0.15) is 5.56 Å². The molecular formula is C7H6ClIRu. The fourth-order valence-corrected chi connectivity index (χ4v) is 3.41. The summed E-state index contributed by atoms with van der Waals surface area (Å²) in [4.78, 5) is 0. The van der Waals surface area contributed by atoms with Crippen molar-refractivity contribution in [3.05, 3.63) is 35.9 Å². The topological polar surface area (TPSA) is 0 Å². The van der Waals surface area contributed by atoms with Gasteiger partial charge in [-0.2, -0.15) is 0 Å². The molecule has 0 aromatic heterocycles. The molecule has 0 aliphatic rings. The standard InChI is InChI=1S/C7H6.ClH.HI.Ru/c1-7-5-3-2-4-6-7;;;/h1-6H;2*1H;/q;;;+2/p-2. The van der Waals surface area contributed by atoms with Gasteiger partial charge in [-0.25, -0.2) is 0 Å². The predicted octanol–water partition coefficient (Wildman–Crippen LogP) is 2.96. The third-order valence-electron chi connectivity index (χ3n) is 0.995. The molecule has 3 heteroatoms. The number of rotatable bonds is 1. The van der Waals surface area contributed by atoms with Crippen molar-refractivity contribution in [1.82, 2.24) is 0 Å². The van der Waals surface area contributed by atoms with E-state index in [1.54, 1.807) is 0 Å². The maximum atomic E-state index is 5.89. The molecule has 1 aromatic carbocycles. The number of halogens is 2. The van der Waals surface area contributed by atoms with Gasteiger partial charge in [-0.15, -0.1) is 0 Å². The van der Waals surface area contributed by atoms with Gasteiger partial charge in [0.25, 0.3) is 0 Å². The van der Waals surface area contributed by atoms with E-state index in [9.17, 15) is 0 Å². The molecule has 0 N–H and O–H groups in total. The van der Waals surface area contributed by atoms with Crippen molar-refractivity contribution < 1.29 is 11.0 Å². The van der Waals surface area contributed by atoms with Crippen molar-refractivity contribution in [3.63, 3.8) is 0 Å². The number of benzene rings is 1. The first-order chi connectivity index (χ1) is 4.79. The molecule has 0 fully saturated rings. The molecule has 0 aliphatic heterocycles. The van der Waals surface area contributed by atoms with Gasteiger partial charge in [-0.3, -0.25) is 0 Å². The van der Waals surface area contributed by atoms with E-state index >= 15 is 0 Å². The van der Waals surface area contributed by atoms with Crippen molar-refractivity contribution >= 4 is 34.1 Å². The normalized spacial score (nSPS) is 15.2. The molecule has 0 radical (unpaired) electrons. The molecule has 1 aromatic rings. The van der Waals surface area contributed by atoms with E-state index < -0.39 is 11.0 Å². The van der Waals surface area contributed by atoms with Crippen LogP contribution >= 0.6 is 29.4 Å². The Kier molecular flexibility index (Phi) is 4.04. The molecule has 1 rings (SSSR count). The Morgan fingerprint density at radius 2 is 1.90 bits per heavy atom. The number of hydrogen-bond donors (Lipinski definition) is 0. The third kappa shape index (κ3) is 3.22. The van der Waals surface area contributed by atoms with Crippen molar-refractivity contribution in [2.45, 2.75) is 0 Å². The summed E-state index contributed by atoms with van der Waals surface area (Å²) in [7, 11) is 4.77. The molecule has 0 spiro atoms. The monoisotopic (exact) mass is 354 g/mol. The van der Waals surface area contributed by atoms with E-state index in [1.165, 1.54) is 5.56 Å². The van der Waals surface area contributed by atoms with Crippen LogP contribution in [0.2, 0.25) is 0 Å². The van der Waals surface area contributed by atoms with Crippen LogP contribution in [0.25, 0.3) is 0 Å². The molecule has 0 atom stereocenters. The van der Waals surface area contributed by atoms with Gasteiger partial charge in [0.15, 0.2) is 0 Å². The zero-order chi connectivity index (χ0) is 7.40. The molecule has 0 saturated carbocycles. The quantitative estimate of drug-likeness (QED) is 0.538. The van der Waals surface area contributed by atoms with Crippen molar-refractivity contribution in [3.8, 4) is 0 Å². The van der Waals surface area contributed by atoms with Crippen LogP contribution in [0.5, 0.6) is 0 Å². The van der Waals surface area contributed by atoms with Crippen LogP contribution in [0.4, 0.5) is 0 Å². The molecule has 0 unspecified atom stereocenters. The Hall–Kier alpha value is 0.733. The van der Waals surface area contributed by atoms with Crippen molar-refractivity contribution in [1.29, 1.82) is 0 Å². The first-order valence-corrected chi connectivity index (χ1v) is 11.1. The molecule has 0 heterocycles. The average molecular weight is 354 g/mol. The Balaban J connectivity index is 2.87. The van der Waals surface area contributed by atoms with Crippen molar-refractivity contribution in [2.75, 3.05) is 0 Å². The summed E-state index contributed by atoms with van der Waals surface area (Å²) in [5.41, 5.74) is 1.24. The Morgan fingerprint density at radius 1 is 1.30 bits per heavy atom. The van der Waals surface area contributed by atoms with E-state index in [0.29, 0.717) is 0 Å². The Bertz CT molecular complexity index is 229. The molecule has 0 aliphatic carbocycles. The predicted molar refractivity (Wildman–Crippen MR) is 51.5 cm³/mol. The van der Waals surface area contributed by atoms with E-state index in [0.717, 1.165) is 0 Å². The van der Waals surface area contributed by atoms with E-state index in [-0.39, 0.29) is 0 Å². The van der Waals surface area contributed by atoms with E-state index in [2.05, 4.69) is 36.5 Å². The van der Waals surface area contributed by atoms with Crippen LogP contribution in [-0.2, 0) is 11.0 Å². The minimum absolute atomic E-state index is 1.12. The molecular weight excluding hydrogens is 348 g/mol. The van der Waals surface area contributed by atoms with Gasteiger partial charge < -0.3 is 0 Å². The zero-order valence-corrected chi connectivity index (χ0v) is 9.73. The van der Waals surface area contributed by atoms with E-state index in [1.807, 2.05) is 18.2 Å². The summed E-state index contributed by atoms with van der Waals surface area (Å²) in [5.74, 6) is 0. The first kappa shape index (κ1) is 8.83. The molecule has 10 heavy (non-hydrogen) atoms. The Morgan fingerprint density at radius 3 is 2.40 bits per heavy atom. The van der Waals surface area contributed by atoms with Crippen LogP contribution in [0.3, 0.4) is 0 Å². The summed E-state index contributed by atoms with van der Waals surface area (Å²) in [5, 5.41) is 0. The van der Waals surface area contributed by atoms with Crippen LogP contribution < -0.4 is 0 Å². The summed E-state index contributed by atoms with van der Waals surface area (Å²) in [6.45, 7) is 0. The number of hydrogen-bond acceptors (Lipinski definition) is 0. The van der Waals surface area contributed by atoms with Crippen LogP contribution in [0, 0.1) is 0 Å². The minimum atomic E-state index is -1.12. The molecule has 0 amide bonds. The van der Waals surface area contributed by atoms with Gasteiger partial charge in [0, 0.05) is 0 Å². The molecule has 0 bridgehead atoms. The van der Waals surface area contributed by atoms with E-state index in [4.69, 9.17) is 9.69 Å². The second-order valence-electron chi connectivity index (χ2n) is 1.72. The average Bonchev–Trinajstić information content (AvgIpc) is 1.88. The molecule has 56 valence electrons. The summed E-state index contributed by atoms with van der Waals surface area (Å²) < 4.78 is 2.15. The summed E-state index contributed by atoms with van der Waals surface area (Å²) in [6, 6.07) is 10.2. The summed E-state index contributed by atoms with van der Waals surface area (Å²) in [6.07, 6.45) is 0. The van der Waals surface area contributed by atoms with Crippen LogP contribution in [0.15, 0.2) is 30.3 Å². The fraction of sp³-hybridized carbons (Fsp3) is 0.